The fourth-order valence-electron chi connectivity index (χ4n) is 0.935. The minimum absolute atomic E-state index is 0.0694. The third-order valence-electron chi connectivity index (χ3n) is 1.29. The molecule has 1 heterocycles. The molecule has 66 valence electrons. The second kappa shape index (κ2) is 2.43. The van der Waals surface area contributed by atoms with E-state index in [1.807, 2.05) is 0 Å². The largest absolute Gasteiger partial charge is 0.229 e. The summed E-state index contributed by atoms with van der Waals surface area (Å²) in [5.41, 5.74) is 0. The molecule has 1 aliphatic rings. The lowest BCUT2D eigenvalue weighted by atomic mass is 10.4. The van der Waals surface area contributed by atoms with Crippen molar-refractivity contribution in [2.24, 2.45) is 0 Å². The molecule has 0 radical (unpaired) electrons. The van der Waals surface area contributed by atoms with Crippen molar-refractivity contribution in [1.82, 2.24) is 4.72 Å². The molecule has 0 spiro atoms. The zero-order chi connectivity index (χ0) is 8.70. The molecule has 0 aromatic carbocycles. The van der Waals surface area contributed by atoms with E-state index >= 15 is 0 Å². The van der Waals surface area contributed by atoms with Crippen LogP contribution in [0.4, 0.5) is 0 Å². The molecule has 1 fully saturated rings. The van der Waals surface area contributed by atoms with Crippen molar-refractivity contribution >= 4 is 19.9 Å². The van der Waals surface area contributed by atoms with Gasteiger partial charge in [-0.25, -0.2) is 21.6 Å². The Bertz CT molecular complexity index is 328. The molecule has 1 rings (SSSR count). The lowest BCUT2D eigenvalue weighted by molar-refractivity contribution is 0.539. The van der Waals surface area contributed by atoms with Crippen molar-refractivity contribution in [2.45, 2.75) is 6.04 Å². The lowest BCUT2D eigenvalue weighted by Gasteiger charge is -2.25. The highest BCUT2D eigenvalue weighted by Gasteiger charge is 2.34. The van der Waals surface area contributed by atoms with Gasteiger partial charge >= 0.3 is 0 Å². The zero-order valence-electron chi connectivity index (χ0n) is 5.94. The van der Waals surface area contributed by atoms with E-state index in [9.17, 15) is 16.8 Å². The van der Waals surface area contributed by atoms with Crippen LogP contribution in [0.1, 0.15) is 0 Å². The number of sulfone groups is 1. The number of rotatable bonds is 2. The first-order valence-corrected chi connectivity index (χ1v) is 6.67. The predicted octanol–water partition coefficient (Wildman–Crippen LogP) is -1.67. The van der Waals surface area contributed by atoms with Gasteiger partial charge in [0.15, 0.2) is 9.84 Å². The highest BCUT2D eigenvalue weighted by atomic mass is 32.2. The van der Waals surface area contributed by atoms with Gasteiger partial charge in [0.05, 0.1) is 17.8 Å². The standard InChI is InChI=1S/C4H9NO4S2/c1-10(6,7)5-4-2-11(8,9)3-4/h4-5H,2-3H2,1H3. The SMILES string of the molecule is CS(=O)(=O)NC1CS(=O)(=O)C1. The average molecular weight is 199 g/mol. The van der Waals surface area contributed by atoms with Crippen LogP contribution < -0.4 is 4.72 Å². The van der Waals surface area contributed by atoms with Gasteiger partial charge in [0.1, 0.15) is 0 Å². The zero-order valence-corrected chi connectivity index (χ0v) is 7.57. The maximum atomic E-state index is 10.5. The Balaban J connectivity index is 2.48. The molecule has 0 amide bonds. The van der Waals surface area contributed by atoms with Crippen LogP contribution in [0, 0.1) is 0 Å². The van der Waals surface area contributed by atoms with Gasteiger partial charge in [-0.05, 0) is 0 Å². The molecular weight excluding hydrogens is 190 g/mol. The van der Waals surface area contributed by atoms with Gasteiger partial charge in [-0.1, -0.05) is 0 Å². The summed E-state index contributed by atoms with van der Waals surface area (Å²) in [5, 5.41) is 0. The quantitative estimate of drug-likeness (QED) is 0.577. The number of hydrogen-bond donors (Lipinski definition) is 1. The van der Waals surface area contributed by atoms with Gasteiger partial charge in [0.25, 0.3) is 0 Å². The van der Waals surface area contributed by atoms with Crippen molar-refractivity contribution in [3.8, 4) is 0 Å². The van der Waals surface area contributed by atoms with Crippen LogP contribution >= 0.6 is 0 Å². The van der Waals surface area contributed by atoms with E-state index in [0.29, 0.717) is 0 Å². The molecule has 0 saturated carbocycles. The van der Waals surface area contributed by atoms with Crippen LogP contribution in [0.2, 0.25) is 0 Å². The van der Waals surface area contributed by atoms with Gasteiger partial charge in [-0.15, -0.1) is 0 Å². The fourth-order valence-corrected chi connectivity index (χ4v) is 3.21. The van der Waals surface area contributed by atoms with E-state index < -0.39 is 25.9 Å². The van der Waals surface area contributed by atoms with E-state index in [0.717, 1.165) is 6.26 Å². The van der Waals surface area contributed by atoms with Gasteiger partial charge in [0.2, 0.25) is 10.0 Å². The maximum absolute atomic E-state index is 10.5. The first-order valence-electron chi connectivity index (χ1n) is 2.96. The Morgan fingerprint density at radius 3 is 2.09 bits per heavy atom. The molecule has 0 unspecified atom stereocenters. The second-order valence-corrected chi connectivity index (χ2v) is 6.60. The summed E-state index contributed by atoms with van der Waals surface area (Å²) in [6, 6.07) is -0.407. The monoisotopic (exact) mass is 199 g/mol. The molecule has 0 aromatic rings. The molecule has 0 atom stereocenters. The van der Waals surface area contributed by atoms with Crippen molar-refractivity contribution in [2.75, 3.05) is 17.8 Å². The highest BCUT2D eigenvalue weighted by molar-refractivity contribution is 7.93. The minimum Gasteiger partial charge on any atom is -0.229 e. The van der Waals surface area contributed by atoms with Gasteiger partial charge in [-0.3, -0.25) is 0 Å². The molecule has 5 nitrogen and oxygen atoms in total. The summed E-state index contributed by atoms with van der Waals surface area (Å²) < 4.78 is 44.4. The summed E-state index contributed by atoms with van der Waals surface area (Å²) in [7, 11) is -6.18. The molecule has 0 aromatic heterocycles. The summed E-state index contributed by atoms with van der Waals surface area (Å²) in [6.45, 7) is 0. The maximum Gasteiger partial charge on any atom is 0.209 e. The van der Waals surface area contributed by atoms with Gasteiger partial charge in [0, 0.05) is 6.04 Å². The third-order valence-corrected chi connectivity index (χ3v) is 3.87. The van der Waals surface area contributed by atoms with Crippen molar-refractivity contribution < 1.29 is 16.8 Å². The minimum atomic E-state index is -3.25. The predicted molar refractivity (Wildman–Crippen MR) is 40.4 cm³/mol. The third kappa shape index (κ3) is 2.76. The number of nitrogens with one attached hydrogen (secondary N) is 1. The van der Waals surface area contributed by atoms with E-state index in [1.165, 1.54) is 0 Å². The highest BCUT2D eigenvalue weighted by Crippen LogP contribution is 2.10. The van der Waals surface area contributed by atoms with E-state index in [2.05, 4.69) is 4.72 Å². The number of sulfonamides is 1. The van der Waals surface area contributed by atoms with Crippen LogP contribution in [-0.4, -0.2) is 40.6 Å². The average Bonchev–Trinajstić information content (AvgIpc) is 1.53. The lowest BCUT2D eigenvalue weighted by Crippen LogP contribution is -2.52. The van der Waals surface area contributed by atoms with Crippen molar-refractivity contribution in [3.05, 3.63) is 0 Å². The smallest absolute Gasteiger partial charge is 0.209 e. The van der Waals surface area contributed by atoms with Gasteiger partial charge in [-0.2, -0.15) is 0 Å². The number of hydrogen-bond acceptors (Lipinski definition) is 4. The van der Waals surface area contributed by atoms with Crippen molar-refractivity contribution in [1.29, 1.82) is 0 Å². The Hall–Kier alpha value is -0.140. The molecule has 0 bridgehead atoms. The van der Waals surface area contributed by atoms with Crippen LogP contribution in [0.3, 0.4) is 0 Å². The molecule has 11 heavy (non-hydrogen) atoms. The van der Waals surface area contributed by atoms with Crippen LogP contribution in [0.25, 0.3) is 0 Å². The Labute approximate surface area is 65.8 Å². The van der Waals surface area contributed by atoms with Gasteiger partial charge < -0.3 is 0 Å². The molecule has 1 aliphatic heterocycles. The van der Waals surface area contributed by atoms with Crippen LogP contribution in [-0.2, 0) is 19.9 Å². The summed E-state index contributed by atoms with van der Waals surface area (Å²) in [4.78, 5) is 0. The normalized spacial score (nSPS) is 24.5. The summed E-state index contributed by atoms with van der Waals surface area (Å²) >= 11 is 0. The van der Waals surface area contributed by atoms with E-state index in [-0.39, 0.29) is 11.5 Å². The first kappa shape index (κ1) is 8.95. The second-order valence-electron chi connectivity index (χ2n) is 2.66. The summed E-state index contributed by atoms with van der Waals surface area (Å²) in [6.07, 6.45) is 1.01. The molecule has 0 aliphatic carbocycles. The first-order chi connectivity index (χ1) is 4.79. The van der Waals surface area contributed by atoms with Crippen LogP contribution in [0.5, 0.6) is 0 Å². The van der Waals surface area contributed by atoms with Crippen LogP contribution in [0.15, 0.2) is 0 Å². The van der Waals surface area contributed by atoms with E-state index in [1.54, 1.807) is 0 Å². The Kier molecular flexibility index (Phi) is 1.97. The fraction of sp³-hybridized carbons (Fsp3) is 1.00. The summed E-state index contributed by atoms with van der Waals surface area (Å²) in [5.74, 6) is -0.139. The van der Waals surface area contributed by atoms with Crippen molar-refractivity contribution in [3.63, 3.8) is 0 Å². The molecule has 1 N–H and O–H groups in total. The Morgan fingerprint density at radius 2 is 1.82 bits per heavy atom. The molecular formula is C4H9NO4S2. The molecule has 1 saturated heterocycles. The van der Waals surface area contributed by atoms with E-state index in [4.69, 9.17) is 0 Å². The molecule has 7 heteroatoms. The Morgan fingerprint density at radius 1 is 1.36 bits per heavy atom. The topological polar surface area (TPSA) is 80.3 Å².